The van der Waals surface area contributed by atoms with Crippen LogP contribution in [0.1, 0.15) is 18.3 Å². The third kappa shape index (κ3) is 2.92. The van der Waals surface area contributed by atoms with Gasteiger partial charge < -0.3 is 5.32 Å². The first-order chi connectivity index (χ1) is 5.68. The molecule has 1 aromatic rings. The summed E-state index contributed by atoms with van der Waals surface area (Å²) in [5.74, 6) is 0. The lowest BCUT2D eigenvalue weighted by Gasteiger charge is -2.02. The zero-order valence-corrected chi connectivity index (χ0v) is 7.98. The number of hydrogen-bond donors (Lipinski definition) is 1. The van der Waals surface area contributed by atoms with E-state index in [1.54, 1.807) is 12.4 Å². The van der Waals surface area contributed by atoms with Crippen molar-refractivity contribution in [3.8, 4) is 0 Å². The molecule has 1 N–H and O–H groups in total. The third-order valence-electron chi connectivity index (χ3n) is 1.32. The Bertz CT molecular complexity index is 285. The number of aromatic nitrogens is 2. The molecule has 0 atom stereocenters. The summed E-state index contributed by atoms with van der Waals surface area (Å²) in [7, 11) is 0. The van der Waals surface area contributed by atoms with Gasteiger partial charge in [0, 0.05) is 6.20 Å². The molecule has 0 aliphatic rings. The molecule has 0 aromatic carbocycles. The fourth-order valence-electron chi connectivity index (χ4n) is 0.816. The second-order valence-corrected chi connectivity index (χ2v) is 3.17. The summed E-state index contributed by atoms with van der Waals surface area (Å²) >= 11 is 4.87. The van der Waals surface area contributed by atoms with E-state index in [1.165, 1.54) is 0 Å². The topological polar surface area (TPSA) is 37.8 Å². The van der Waals surface area contributed by atoms with Gasteiger partial charge >= 0.3 is 0 Å². The quantitative estimate of drug-likeness (QED) is 0.696. The lowest BCUT2D eigenvalue weighted by Crippen LogP contribution is -2.18. The molecule has 12 heavy (non-hydrogen) atoms. The molecule has 64 valence electrons. The van der Waals surface area contributed by atoms with Crippen molar-refractivity contribution in [3.05, 3.63) is 23.8 Å². The number of hydrogen-bond acceptors (Lipinski definition) is 3. The standard InChI is InChI=1S/C8H11N3S/c1-6-3-9-4-8(11-6)5-10-7(2)12/h3-4H,5H2,1-2H3,(H,10,12). The van der Waals surface area contributed by atoms with Gasteiger partial charge in [0.2, 0.25) is 0 Å². The van der Waals surface area contributed by atoms with Crippen molar-refractivity contribution < 1.29 is 0 Å². The molecule has 0 bridgehead atoms. The minimum Gasteiger partial charge on any atom is -0.374 e. The predicted molar refractivity (Wildman–Crippen MR) is 51.9 cm³/mol. The highest BCUT2D eigenvalue weighted by Crippen LogP contribution is 1.93. The molecule has 0 spiro atoms. The summed E-state index contributed by atoms with van der Waals surface area (Å²) in [6, 6.07) is 0. The molecule has 0 amide bonds. The zero-order valence-electron chi connectivity index (χ0n) is 7.16. The Balaban J connectivity index is 2.57. The maximum atomic E-state index is 4.87. The molecule has 1 aromatic heterocycles. The van der Waals surface area contributed by atoms with Crippen LogP contribution in [0.4, 0.5) is 0 Å². The fraction of sp³-hybridized carbons (Fsp3) is 0.375. The van der Waals surface area contributed by atoms with E-state index in [9.17, 15) is 0 Å². The van der Waals surface area contributed by atoms with Gasteiger partial charge in [0.15, 0.2) is 0 Å². The normalized spacial score (nSPS) is 9.50. The average molecular weight is 181 g/mol. The van der Waals surface area contributed by atoms with Crippen molar-refractivity contribution in [2.75, 3.05) is 0 Å². The van der Waals surface area contributed by atoms with Crippen molar-refractivity contribution in [1.29, 1.82) is 0 Å². The molecule has 3 nitrogen and oxygen atoms in total. The number of nitrogens with one attached hydrogen (secondary N) is 1. The number of nitrogens with zero attached hydrogens (tertiary/aromatic N) is 2. The summed E-state index contributed by atoms with van der Waals surface area (Å²) in [5, 5.41) is 3.02. The van der Waals surface area contributed by atoms with Crippen LogP contribution in [0.2, 0.25) is 0 Å². The van der Waals surface area contributed by atoms with E-state index in [4.69, 9.17) is 12.2 Å². The highest BCUT2D eigenvalue weighted by Gasteiger charge is 1.94. The third-order valence-corrected chi connectivity index (χ3v) is 1.47. The molecule has 0 fully saturated rings. The molecule has 0 saturated heterocycles. The van der Waals surface area contributed by atoms with E-state index in [1.807, 2.05) is 13.8 Å². The van der Waals surface area contributed by atoms with Crippen LogP contribution in [0.3, 0.4) is 0 Å². The number of rotatable bonds is 2. The Labute approximate surface area is 77.2 Å². The summed E-state index contributed by atoms with van der Waals surface area (Å²) in [4.78, 5) is 9.05. The molecule has 1 rings (SSSR count). The van der Waals surface area contributed by atoms with Gasteiger partial charge in [-0.1, -0.05) is 12.2 Å². The second kappa shape index (κ2) is 4.11. The molecule has 1 heterocycles. The minimum atomic E-state index is 0.657. The highest BCUT2D eigenvalue weighted by atomic mass is 32.1. The van der Waals surface area contributed by atoms with E-state index >= 15 is 0 Å². The highest BCUT2D eigenvalue weighted by molar-refractivity contribution is 7.80. The van der Waals surface area contributed by atoms with Crippen LogP contribution in [0.15, 0.2) is 12.4 Å². The maximum absolute atomic E-state index is 4.87. The van der Waals surface area contributed by atoms with Gasteiger partial charge in [0.05, 0.1) is 29.1 Å². The van der Waals surface area contributed by atoms with Crippen molar-refractivity contribution in [2.24, 2.45) is 0 Å². The lowest BCUT2D eigenvalue weighted by atomic mass is 10.4. The Morgan fingerprint density at radius 3 is 2.92 bits per heavy atom. The van der Waals surface area contributed by atoms with Crippen LogP contribution in [-0.4, -0.2) is 15.0 Å². The lowest BCUT2D eigenvalue weighted by molar-refractivity contribution is 0.857. The smallest absolute Gasteiger partial charge is 0.0780 e. The second-order valence-electron chi connectivity index (χ2n) is 2.56. The molecule has 0 aliphatic heterocycles. The van der Waals surface area contributed by atoms with Gasteiger partial charge in [-0.05, 0) is 13.8 Å². The first-order valence-corrected chi connectivity index (χ1v) is 4.11. The summed E-state index contributed by atoms with van der Waals surface area (Å²) < 4.78 is 0. The van der Waals surface area contributed by atoms with E-state index in [-0.39, 0.29) is 0 Å². The SMILES string of the molecule is CC(=S)NCc1cncc(C)n1. The van der Waals surface area contributed by atoms with Crippen molar-refractivity contribution in [2.45, 2.75) is 20.4 Å². The van der Waals surface area contributed by atoms with Gasteiger partial charge in [-0.25, -0.2) is 0 Å². The number of aryl methyl sites for hydroxylation is 1. The van der Waals surface area contributed by atoms with Gasteiger partial charge in [-0.2, -0.15) is 0 Å². The van der Waals surface area contributed by atoms with E-state index in [0.717, 1.165) is 16.4 Å². The summed E-state index contributed by atoms with van der Waals surface area (Å²) in [5.41, 5.74) is 1.84. The van der Waals surface area contributed by atoms with Gasteiger partial charge in [0.1, 0.15) is 0 Å². The Morgan fingerprint density at radius 2 is 2.33 bits per heavy atom. The van der Waals surface area contributed by atoms with Crippen LogP contribution in [0.5, 0.6) is 0 Å². The average Bonchev–Trinajstić information content (AvgIpc) is 2.01. The Kier molecular flexibility index (Phi) is 3.10. The van der Waals surface area contributed by atoms with Crippen molar-refractivity contribution >= 4 is 17.2 Å². The molecule has 0 unspecified atom stereocenters. The van der Waals surface area contributed by atoms with Crippen LogP contribution in [0, 0.1) is 6.92 Å². The molecule has 0 aliphatic carbocycles. The Hall–Kier alpha value is -1.03. The fourth-order valence-corrected chi connectivity index (χ4v) is 0.888. The van der Waals surface area contributed by atoms with Gasteiger partial charge in [-0.15, -0.1) is 0 Å². The summed E-state index contributed by atoms with van der Waals surface area (Å²) in [6.07, 6.45) is 3.46. The van der Waals surface area contributed by atoms with Gasteiger partial charge in [0.25, 0.3) is 0 Å². The molecule has 0 saturated carbocycles. The minimum absolute atomic E-state index is 0.657. The van der Waals surface area contributed by atoms with Crippen LogP contribution < -0.4 is 5.32 Å². The monoisotopic (exact) mass is 181 g/mol. The Morgan fingerprint density at radius 1 is 1.58 bits per heavy atom. The van der Waals surface area contributed by atoms with Crippen molar-refractivity contribution in [1.82, 2.24) is 15.3 Å². The zero-order chi connectivity index (χ0) is 8.97. The first kappa shape index (κ1) is 9.06. The maximum Gasteiger partial charge on any atom is 0.0780 e. The van der Waals surface area contributed by atoms with E-state index < -0.39 is 0 Å². The predicted octanol–water partition coefficient (Wildman–Crippen LogP) is 1.22. The molecule has 4 heteroatoms. The van der Waals surface area contributed by atoms with Crippen molar-refractivity contribution in [3.63, 3.8) is 0 Å². The molecular weight excluding hydrogens is 170 g/mol. The first-order valence-electron chi connectivity index (χ1n) is 3.70. The summed E-state index contributed by atoms with van der Waals surface area (Å²) in [6.45, 7) is 4.42. The van der Waals surface area contributed by atoms with E-state index in [2.05, 4.69) is 15.3 Å². The van der Waals surface area contributed by atoms with Crippen LogP contribution in [-0.2, 0) is 6.54 Å². The van der Waals surface area contributed by atoms with Crippen LogP contribution >= 0.6 is 12.2 Å². The largest absolute Gasteiger partial charge is 0.374 e. The van der Waals surface area contributed by atoms with Crippen LogP contribution in [0.25, 0.3) is 0 Å². The molecule has 0 radical (unpaired) electrons. The van der Waals surface area contributed by atoms with E-state index in [0.29, 0.717) is 6.54 Å². The number of thiocarbonyl (C=S) groups is 1. The van der Waals surface area contributed by atoms with Gasteiger partial charge in [-0.3, -0.25) is 9.97 Å². The molecular formula is C8H11N3S.